The number of nitrogens with one attached hydrogen (secondary N) is 1. The third-order valence-electron chi connectivity index (χ3n) is 4.08. The average molecular weight is 314 g/mol. The Hall–Kier alpha value is -0.600. The second-order valence-electron chi connectivity index (χ2n) is 5.80. The molecule has 1 rings (SSSR count). The van der Waals surface area contributed by atoms with Gasteiger partial charge in [-0.3, -0.25) is 0 Å². The first kappa shape index (κ1) is 18.4. The van der Waals surface area contributed by atoms with E-state index in [1.54, 1.807) is 12.1 Å². The summed E-state index contributed by atoms with van der Waals surface area (Å²) in [6.45, 7) is 2.24. The Morgan fingerprint density at radius 3 is 2.38 bits per heavy atom. The highest BCUT2D eigenvalue weighted by molar-refractivity contribution is 6.31. The smallest absolute Gasteiger partial charge is 0.127 e. The van der Waals surface area contributed by atoms with Crippen LogP contribution in [0.5, 0.6) is 0 Å². The molecular weight excluding hydrogens is 285 g/mol. The standard InChI is InChI=1S/C18H29ClFN/c1-3-4-5-6-7-8-9-11-15(21-2)14-16-17(19)12-10-13-18(16)20/h10,12-13,15,21H,3-9,11,14H2,1-2H3. The van der Waals surface area contributed by atoms with Crippen LogP contribution in [0.15, 0.2) is 18.2 Å². The number of rotatable bonds is 11. The molecule has 0 aliphatic heterocycles. The molecule has 0 heterocycles. The van der Waals surface area contributed by atoms with E-state index in [9.17, 15) is 4.39 Å². The molecular formula is C18H29ClFN. The van der Waals surface area contributed by atoms with Gasteiger partial charge in [0.1, 0.15) is 5.82 Å². The first-order valence-electron chi connectivity index (χ1n) is 8.29. The Labute approximate surface area is 134 Å². The Bertz CT molecular complexity index is 375. The van der Waals surface area contributed by atoms with Gasteiger partial charge in [0.05, 0.1) is 0 Å². The van der Waals surface area contributed by atoms with Crippen molar-refractivity contribution in [3.8, 4) is 0 Å². The van der Waals surface area contributed by atoms with Crippen LogP contribution in [-0.4, -0.2) is 13.1 Å². The van der Waals surface area contributed by atoms with Crippen LogP contribution in [0.1, 0.15) is 63.9 Å². The van der Waals surface area contributed by atoms with Crippen LogP contribution in [-0.2, 0) is 6.42 Å². The highest BCUT2D eigenvalue weighted by Crippen LogP contribution is 2.22. The van der Waals surface area contributed by atoms with Crippen molar-refractivity contribution in [2.45, 2.75) is 70.8 Å². The van der Waals surface area contributed by atoms with Crippen LogP contribution in [0.3, 0.4) is 0 Å². The van der Waals surface area contributed by atoms with E-state index in [1.807, 2.05) is 7.05 Å². The molecule has 21 heavy (non-hydrogen) atoms. The van der Waals surface area contributed by atoms with E-state index < -0.39 is 0 Å². The molecule has 0 saturated heterocycles. The van der Waals surface area contributed by atoms with Crippen LogP contribution >= 0.6 is 11.6 Å². The molecule has 0 aliphatic rings. The molecule has 0 radical (unpaired) electrons. The highest BCUT2D eigenvalue weighted by atomic mass is 35.5. The lowest BCUT2D eigenvalue weighted by molar-refractivity contribution is 0.470. The molecule has 1 nitrogen and oxygen atoms in total. The van der Waals surface area contributed by atoms with E-state index in [4.69, 9.17) is 11.6 Å². The number of halogens is 2. The summed E-state index contributed by atoms with van der Waals surface area (Å²) in [4.78, 5) is 0. The molecule has 1 aromatic carbocycles. The molecule has 120 valence electrons. The first-order chi connectivity index (χ1) is 10.2. The van der Waals surface area contributed by atoms with Crippen molar-refractivity contribution in [2.24, 2.45) is 0 Å². The summed E-state index contributed by atoms with van der Waals surface area (Å²) in [6.07, 6.45) is 10.9. The third-order valence-corrected chi connectivity index (χ3v) is 4.43. The topological polar surface area (TPSA) is 12.0 Å². The number of likely N-dealkylation sites (N-methyl/N-ethyl adjacent to an activating group) is 1. The van der Waals surface area contributed by atoms with Gasteiger partial charge in [-0.1, -0.05) is 69.5 Å². The van der Waals surface area contributed by atoms with Crippen molar-refractivity contribution in [3.05, 3.63) is 34.6 Å². The summed E-state index contributed by atoms with van der Waals surface area (Å²) < 4.78 is 13.8. The summed E-state index contributed by atoms with van der Waals surface area (Å²) in [5.74, 6) is -0.192. The van der Waals surface area contributed by atoms with E-state index in [0.717, 1.165) is 6.42 Å². The maximum absolute atomic E-state index is 13.8. The van der Waals surface area contributed by atoms with Gasteiger partial charge in [-0.15, -0.1) is 0 Å². The zero-order valence-electron chi connectivity index (χ0n) is 13.4. The van der Waals surface area contributed by atoms with Crippen molar-refractivity contribution in [1.82, 2.24) is 5.32 Å². The summed E-state index contributed by atoms with van der Waals surface area (Å²) in [5.41, 5.74) is 0.640. The lowest BCUT2D eigenvalue weighted by Gasteiger charge is -2.17. The Balaban J connectivity index is 2.29. The van der Waals surface area contributed by atoms with Crippen LogP contribution < -0.4 is 5.32 Å². The maximum Gasteiger partial charge on any atom is 0.127 e. The summed E-state index contributed by atoms with van der Waals surface area (Å²) in [5, 5.41) is 3.83. The normalized spacial score (nSPS) is 12.6. The van der Waals surface area contributed by atoms with Gasteiger partial charge in [-0.05, 0) is 32.0 Å². The lowest BCUT2D eigenvalue weighted by atomic mass is 9.99. The van der Waals surface area contributed by atoms with E-state index in [-0.39, 0.29) is 5.82 Å². The van der Waals surface area contributed by atoms with Crippen molar-refractivity contribution in [2.75, 3.05) is 7.05 Å². The number of hydrogen-bond acceptors (Lipinski definition) is 1. The zero-order chi connectivity index (χ0) is 15.5. The van der Waals surface area contributed by atoms with E-state index in [1.165, 1.54) is 51.0 Å². The molecule has 1 N–H and O–H groups in total. The van der Waals surface area contributed by atoms with E-state index in [0.29, 0.717) is 23.0 Å². The minimum Gasteiger partial charge on any atom is -0.317 e. The molecule has 0 aliphatic carbocycles. The number of benzene rings is 1. The predicted octanol–water partition coefficient (Wildman–Crippen LogP) is 5.75. The van der Waals surface area contributed by atoms with Crippen molar-refractivity contribution in [1.29, 1.82) is 0 Å². The summed E-state index contributed by atoms with van der Waals surface area (Å²) in [6, 6.07) is 5.21. The van der Waals surface area contributed by atoms with Gasteiger partial charge < -0.3 is 5.32 Å². The molecule has 0 saturated carbocycles. The lowest BCUT2D eigenvalue weighted by Crippen LogP contribution is -2.28. The van der Waals surface area contributed by atoms with Crippen LogP contribution in [0.2, 0.25) is 5.02 Å². The molecule has 0 bridgehead atoms. The van der Waals surface area contributed by atoms with Crippen molar-refractivity contribution in [3.63, 3.8) is 0 Å². The van der Waals surface area contributed by atoms with E-state index in [2.05, 4.69) is 12.2 Å². The Kier molecular flexibility index (Phi) is 9.69. The van der Waals surface area contributed by atoms with Gasteiger partial charge >= 0.3 is 0 Å². The zero-order valence-corrected chi connectivity index (χ0v) is 14.2. The molecule has 0 spiro atoms. The van der Waals surface area contributed by atoms with Gasteiger partial charge in [0.2, 0.25) is 0 Å². The third kappa shape index (κ3) is 7.28. The summed E-state index contributed by atoms with van der Waals surface area (Å²) >= 11 is 6.10. The largest absolute Gasteiger partial charge is 0.317 e. The van der Waals surface area contributed by atoms with E-state index >= 15 is 0 Å². The van der Waals surface area contributed by atoms with Crippen LogP contribution in [0, 0.1) is 5.82 Å². The quantitative estimate of drug-likeness (QED) is 0.513. The SMILES string of the molecule is CCCCCCCCCC(Cc1c(F)cccc1Cl)NC. The minimum absolute atomic E-state index is 0.192. The second-order valence-corrected chi connectivity index (χ2v) is 6.21. The molecule has 0 amide bonds. The molecule has 1 aromatic rings. The van der Waals surface area contributed by atoms with Gasteiger partial charge in [-0.25, -0.2) is 4.39 Å². The Morgan fingerprint density at radius 1 is 1.10 bits per heavy atom. The van der Waals surface area contributed by atoms with Gasteiger partial charge in [0, 0.05) is 16.6 Å². The molecule has 1 unspecified atom stereocenters. The predicted molar refractivity (Wildman–Crippen MR) is 90.6 cm³/mol. The van der Waals surface area contributed by atoms with Crippen molar-refractivity contribution < 1.29 is 4.39 Å². The van der Waals surface area contributed by atoms with Crippen molar-refractivity contribution >= 4 is 11.6 Å². The highest BCUT2D eigenvalue weighted by Gasteiger charge is 2.13. The fourth-order valence-electron chi connectivity index (χ4n) is 2.67. The monoisotopic (exact) mass is 313 g/mol. The number of hydrogen-bond donors (Lipinski definition) is 1. The molecule has 0 aromatic heterocycles. The number of unbranched alkanes of at least 4 members (excludes halogenated alkanes) is 6. The second kappa shape index (κ2) is 11.0. The Morgan fingerprint density at radius 2 is 1.76 bits per heavy atom. The molecule has 3 heteroatoms. The average Bonchev–Trinajstić information content (AvgIpc) is 2.48. The summed E-state index contributed by atoms with van der Waals surface area (Å²) in [7, 11) is 1.95. The fraction of sp³-hybridized carbons (Fsp3) is 0.667. The van der Waals surface area contributed by atoms with Crippen LogP contribution in [0.4, 0.5) is 4.39 Å². The van der Waals surface area contributed by atoms with Gasteiger partial charge in [0.15, 0.2) is 0 Å². The molecule has 0 fully saturated rings. The maximum atomic E-state index is 13.8. The molecule has 1 atom stereocenters. The first-order valence-corrected chi connectivity index (χ1v) is 8.67. The van der Waals surface area contributed by atoms with Gasteiger partial charge in [-0.2, -0.15) is 0 Å². The van der Waals surface area contributed by atoms with Gasteiger partial charge in [0.25, 0.3) is 0 Å². The minimum atomic E-state index is -0.192. The fourth-order valence-corrected chi connectivity index (χ4v) is 2.91. The van der Waals surface area contributed by atoms with Crippen LogP contribution in [0.25, 0.3) is 0 Å².